The zero-order chi connectivity index (χ0) is 11.1. The van der Waals surface area contributed by atoms with Crippen molar-refractivity contribution in [1.29, 1.82) is 0 Å². The summed E-state index contributed by atoms with van der Waals surface area (Å²) in [6.07, 6.45) is 0. The molecule has 0 saturated heterocycles. The fourth-order valence-corrected chi connectivity index (χ4v) is 0.946. The van der Waals surface area contributed by atoms with E-state index in [1.54, 1.807) is 18.0 Å². The van der Waals surface area contributed by atoms with Crippen molar-refractivity contribution in [2.75, 3.05) is 0 Å². The molecule has 0 N–H and O–H groups in total. The van der Waals surface area contributed by atoms with E-state index in [4.69, 9.17) is 16.2 Å². The Morgan fingerprint density at radius 1 is 0.611 bits per heavy atom. The summed E-state index contributed by atoms with van der Waals surface area (Å²) in [6.45, 7) is 0. The molecule has 0 heterocycles. The van der Waals surface area contributed by atoms with Crippen LogP contribution in [-0.2, 0) is 0 Å². The summed E-state index contributed by atoms with van der Waals surface area (Å²) in [5, 5.41) is 25.1. The molecule has 0 fully saturated rings. The topological polar surface area (TPSA) is 104 Å². The Balaban J connectivity index is -0.000000750. The second-order valence-corrected chi connectivity index (χ2v) is 2.34. The maximum absolute atomic E-state index is 8.35. The molecule has 18 heavy (non-hydrogen) atoms. The summed E-state index contributed by atoms with van der Waals surface area (Å²) in [6, 6.07) is 9.14. The third kappa shape index (κ3) is 10.1. The van der Waals surface area contributed by atoms with Crippen LogP contribution >= 0.6 is 0 Å². The number of hydrogen-bond acceptors (Lipinski definition) is 3. The normalized spacial score (nSPS) is 6.67. The van der Waals surface area contributed by atoms with Crippen molar-refractivity contribution in [3.8, 4) is 0 Å². The van der Waals surface area contributed by atoms with Gasteiger partial charge in [-0.1, -0.05) is 18.2 Å². The van der Waals surface area contributed by atoms with E-state index in [1.807, 2.05) is 0 Å². The van der Waals surface area contributed by atoms with Crippen molar-refractivity contribution < 1.29 is 154 Å². The summed E-state index contributed by atoms with van der Waals surface area (Å²) in [7, 11) is 0. The molecule has 1 aromatic rings. The Hall–Kier alpha value is 2.27. The molecule has 0 spiro atoms. The molecule has 0 aliphatic heterocycles. The van der Waals surface area contributed by atoms with Crippen LogP contribution in [0.4, 0.5) is 17.1 Å². The number of aliphatic imine (C=N–C) groups is 3. The third-order valence-corrected chi connectivity index (χ3v) is 1.42. The maximum atomic E-state index is 8.35. The van der Waals surface area contributed by atoms with Gasteiger partial charge in [-0.2, -0.15) is 18.0 Å². The van der Waals surface area contributed by atoms with Crippen molar-refractivity contribution in [3.63, 3.8) is 0 Å². The monoisotopic (exact) mass is 312 g/mol. The molecule has 72 valence electrons. The number of rotatable bonds is 3. The summed E-state index contributed by atoms with van der Waals surface area (Å²) in [4.78, 5) is 10.4. The molecular formula is C9H3K3N6. The van der Waals surface area contributed by atoms with Crippen LogP contribution in [0.1, 0.15) is 0 Å². The minimum absolute atomic E-state index is 0. The quantitative estimate of drug-likeness (QED) is 0.391. The maximum Gasteiger partial charge on any atom is 1.00 e. The van der Waals surface area contributed by atoms with Gasteiger partial charge in [-0.05, 0) is 17.1 Å². The fraction of sp³-hybridized carbons (Fsp3) is 0. The van der Waals surface area contributed by atoms with E-state index in [9.17, 15) is 0 Å². The van der Waals surface area contributed by atoms with Gasteiger partial charge >= 0.3 is 154 Å². The molecular weight excluding hydrogens is 309 g/mol. The third-order valence-electron chi connectivity index (χ3n) is 1.42. The standard InChI is InChI=1S/C9H3N6.3K/c10-4-13-7-1-8(14-5-11)3-9(2-7)15-6-12;;;/h1-3H;;;/q-3;3*+1. The minimum atomic E-state index is 0. The van der Waals surface area contributed by atoms with E-state index >= 15 is 0 Å². The Kier molecular flexibility index (Phi) is 21.9. The molecule has 0 aliphatic rings. The molecule has 0 aliphatic carbocycles. The summed E-state index contributed by atoms with van der Waals surface area (Å²) >= 11 is 0. The van der Waals surface area contributed by atoms with Crippen LogP contribution in [0.3, 0.4) is 0 Å². The number of benzene rings is 1. The molecule has 1 rings (SSSR count). The van der Waals surface area contributed by atoms with Gasteiger partial charge in [0.2, 0.25) is 0 Å². The van der Waals surface area contributed by atoms with Crippen molar-refractivity contribution in [2.24, 2.45) is 15.0 Å². The molecule has 0 atom stereocenters. The smallest absolute Gasteiger partial charge is 0.422 e. The molecule has 9 heteroatoms. The number of hydrogen-bond donors (Lipinski definition) is 0. The second kappa shape index (κ2) is 15.7. The molecule has 0 saturated carbocycles. The first-order chi connectivity index (χ1) is 7.30. The minimum Gasteiger partial charge on any atom is -0.422 e. The van der Waals surface area contributed by atoms with Crippen LogP contribution in [-0.4, -0.2) is 18.0 Å². The van der Waals surface area contributed by atoms with E-state index in [0.29, 0.717) is 17.1 Å². The summed E-state index contributed by atoms with van der Waals surface area (Å²) in [5.74, 6) is 0. The van der Waals surface area contributed by atoms with Crippen molar-refractivity contribution in [1.82, 2.24) is 0 Å². The SMILES string of the molecule is [K+].[K+].[K+].[N-]=C=Nc1cc(N=C=[N-])cc(N=C=[N-])c1. The van der Waals surface area contributed by atoms with E-state index < -0.39 is 0 Å². The Morgan fingerprint density at radius 2 is 0.833 bits per heavy atom. The second-order valence-electron chi connectivity index (χ2n) is 2.34. The Morgan fingerprint density at radius 3 is 1.00 bits per heavy atom. The average Bonchev–Trinajstić information content (AvgIpc) is 2.19. The van der Waals surface area contributed by atoms with Crippen LogP contribution in [0.5, 0.6) is 0 Å². The van der Waals surface area contributed by atoms with E-state index in [1.165, 1.54) is 18.2 Å². The van der Waals surface area contributed by atoms with Gasteiger partial charge in [-0.25, -0.2) is 0 Å². The van der Waals surface area contributed by atoms with Crippen LogP contribution in [0.15, 0.2) is 33.2 Å². The van der Waals surface area contributed by atoms with Crippen LogP contribution in [0, 0.1) is 0 Å². The molecule has 0 amide bonds. The van der Waals surface area contributed by atoms with Crippen LogP contribution < -0.4 is 154 Å². The van der Waals surface area contributed by atoms with Gasteiger partial charge in [0.05, 0.1) is 0 Å². The molecule has 0 unspecified atom stereocenters. The van der Waals surface area contributed by atoms with Gasteiger partial charge in [0, 0.05) is 0 Å². The first-order valence-electron chi connectivity index (χ1n) is 3.74. The van der Waals surface area contributed by atoms with Gasteiger partial charge in [0.25, 0.3) is 0 Å². The average molecular weight is 312 g/mol. The Labute approximate surface area is 232 Å². The van der Waals surface area contributed by atoms with Crippen molar-refractivity contribution >= 4 is 35.1 Å². The zero-order valence-electron chi connectivity index (χ0n) is 10.4. The van der Waals surface area contributed by atoms with E-state index in [-0.39, 0.29) is 154 Å². The predicted molar refractivity (Wildman–Crippen MR) is 57.8 cm³/mol. The first-order valence-corrected chi connectivity index (χ1v) is 3.74. The number of nitrogens with zero attached hydrogens (tertiary/aromatic N) is 6. The zero-order valence-corrected chi connectivity index (χ0v) is 19.8. The van der Waals surface area contributed by atoms with Gasteiger partial charge in [-0.3, -0.25) is 0 Å². The van der Waals surface area contributed by atoms with Gasteiger partial charge in [0.1, 0.15) is 0 Å². The first kappa shape index (κ1) is 25.2. The van der Waals surface area contributed by atoms with Crippen LogP contribution in [0.2, 0.25) is 0 Å². The van der Waals surface area contributed by atoms with Crippen molar-refractivity contribution in [2.45, 2.75) is 0 Å². The Bertz CT molecular complexity index is 437. The van der Waals surface area contributed by atoms with Crippen LogP contribution in [0.25, 0.3) is 16.2 Å². The summed E-state index contributed by atoms with van der Waals surface area (Å²) < 4.78 is 0. The van der Waals surface area contributed by atoms with E-state index in [2.05, 4.69) is 15.0 Å². The largest absolute Gasteiger partial charge is 1.00 e. The van der Waals surface area contributed by atoms with Gasteiger partial charge < -0.3 is 31.2 Å². The van der Waals surface area contributed by atoms with Gasteiger partial charge in [-0.15, -0.1) is 0 Å². The molecule has 0 aromatic heterocycles. The predicted octanol–water partition coefficient (Wildman–Crippen LogP) is -6.18. The fourth-order valence-electron chi connectivity index (χ4n) is 0.946. The molecule has 0 radical (unpaired) electrons. The van der Waals surface area contributed by atoms with E-state index in [0.717, 1.165) is 0 Å². The summed E-state index contributed by atoms with van der Waals surface area (Å²) in [5.41, 5.74) is 0.925. The molecule has 1 aromatic carbocycles. The van der Waals surface area contributed by atoms with Gasteiger partial charge in [0.15, 0.2) is 0 Å². The molecule has 6 nitrogen and oxygen atoms in total. The molecule has 0 bridgehead atoms. The van der Waals surface area contributed by atoms with Crippen molar-refractivity contribution in [3.05, 3.63) is 34.4 Å².